The van der Waals surface area contributed by atoms with Crippen LogP contribution >= 0.6 is 0 Å². The molecule has 5 rings (SSSR count). The zero-order valence-electron chi connectivity index (χ0n) is 19.4. The van der Waals surface area contributed by atoms with Gasteiger partial charge in [0, 0.05) is 18.2 Å². The summed E-state index contributed by atoms with van der Waals surface area (Å²) >= 11 is 0. The maximum absolute atomic E-state index is 15.3. The monoisotopic (exact) mass is 507 g/mol. The van der Waals surface area contributed by atoms with Crippen LogP contribution in [0.4, 0.5) is 19.0 Å². The Morgan fingerprint density at radius 2 is 2.03 bits per heavy atom. The van der Waals surface area contributed by atoms with E-state index in [1.165, 1.54) is 30.6 Å². The van der Waals surface area contributed by atoms with E-state index in [4.69, 9.17) is 15.7 Å². The van der Waals surface area contributed by atoms with Gasteiger partial charge in [0.05, 0.1) is 24.0 Å². The maximum Gasteiger partial charge on any atom is 0.237 e. The van der Waals surface area contributed by atoms with E-state index in [-0.39, 0.29) is 53.5 Å². The Balaban J connectivity index is 1.50. The molecule has 2 aromatic heterocycles. The minimum Gasteiger partial charge on any atom is -0.454 e. The zero-order valence-corrected chi connectivity index (χ0v) is 19.4. The molecule has 0 unspecified atom stereocenters. The molecule has 0 radical (unpaired) electrons. The van der Waals surface area contributed by atoms with Crippen molar-refractivity contribution in [1.29, 1.82) is 5.26 Å². The smallest absolute Gasteiger partial charge is 0.237 e. The Bertz CT molecular complexity index is 1550. The summed E-state index contributed by atoms with van der Waals surface area (Å²) in [5, 5.41) is 13.8. The second-order valence-electron chi connectivity index (χ2n) is 8.50. The number of rotatable bonds is 6. The van der Waals surface area contributed by atoms with E-state index in [2.05, 4.69) is 15.1 Å². The summed E-state index contributed by atoms with van der Waals surface area (Å²) in [5.74, 6) is -3.60. The van der Waals surface area contributed by atoms with E-state index >= 15 is 4.39 Å². The molecular formula is C25H20F3N7O2. The number of ether oxygens (including phenoxy) is 1. The van der Waals surface area contributed by atoms with Crippen LogP contribution in [0.15, 0.2) is 42.7 Å². The molecular weight excluding hydrogens is 487 g/mol. The number of halogens is 3. The number of fused-ring (bicyclic) bond motifs is 1. The highest BCUT2D eigenvalue weighted by Gasteiger charge is 2.30. The molecule has 1 amide bonds. The lowest BCUT2D eigenvalue weighted by molar-refractivity contribution is -0.131. The molecule has 3 heterocycles. The van der Waals surface area contributed by atoms with Crippen molar-refractivity contribution in [3.63, 3.8) is 0 Å². The maximum atomic E-state index is 15.3. The van der Waals surface area contributed by atoms with Crippen LogP contribution in [0, 0.1) is 28.8 Å². The van der Waals surface area contributed by atoms with Gasteiger partial charge >= 0.3 is 0 Å². The predicted octanol–water partition coefficient (Wildman–Crippen LogP) is 4.19. The SMILES string of the molecule is N#CCC(=O)N1CCC[C@@H]1Cn1nc(-c2ccc(Oc3cccc(F)c3F)cc2F)c2c(N)ncnc21. The highest BCUT2D eigenvalue weighted by Crippen LogP contribution is 2.35. The van der Waals surface area contributed by atoms with Gasteiger partial charge in [-0.2, -0.15) is 14.8 Å². The average Bonchev–Trinajstić information content (AvgIpc) is 3.48. The van der Waals surface area contributed by atoms with Gasteiger partial charge in [0.2, 0.25) is 11.7 Å². The summed E-state index contributed by atoms with van der Waals surface area (Å²) in [5.41, 5.74) is 6.73. The first kappa shape index (κ1) is 24.1. The highest BCUT2D eigenvalue weighted by atomic mass is 19.2. The number of nitrogens with two attached hydrogens (primary N) is 1. The van der Waals surface area contributed by atoms with Crippen molar-refractivity contribution in [2.75, 3.05) is 12.3 Å². The Hall–Kier alpha value is -4.66. The largest absolute Gasteiger partial charge is 0.454 e. The van der Waals surface area contributed by atoms with Gasteiger partial charge in [0.1, 0.15) is 35.8 Å². The third-order valence-corrected chi connectivity index (χ3v) is 6.21. The fraction of sp³-hybridized carbons (Fsp3) is 0.240. The van der Waals surface area contributed by atoms with E-state index < -0.39 is 17.5 Å². The van der Waals surface area contributed by atoms with E-state index in [9.17, 15) is 13.6 Å². The Morgan fingerprint density at radius 3 is 2.81 bits per heavy atom. The minimum atomic E-state index is -1.18. The van der Waals surface area contributed by atoms with E-state index in [0.29, 0.717) is 24.0 Å². The van der Waals surface area contributed by atoms with Gasteiger partial charge in [0.25, 0.3) is 0 Å². The summed E-state index contributed by atoms with van der Waals surface area (Å²) < 4.78 is 49.6. The molecule has 4 aromatic rings. The van der Waals surface area contributed by atoms with Gasteiger partial charge in [0.15, 0.2) is 17.2 Å². The predicted molar refractivity (Wildman–Crippen MR) is 127 cm³/mol. The fourth-order valence-electron chi connectivity index (χ4n) is 4.51. The lowest BCUT2D eigenvalue weighted by Crippen LogP contribution is -2.38. The number of carbonyl (C=O) groups excluding carboxylic acids is 1. The average molecular weight is 507 g/mol. The number of hydrogen-bond donors (Lipinski definition) is 1. The molecule has 37 heavy (non-hydrogen) atoms. The van der Waals surface area contributed by atoms with E-state index in [1.807, 2.05) is 6.07 Å². The van der Waals surface area contributed by atoms with Gasteiger partial charge in [-0.1, -0.05) is 6.07 Å². The third kappa shape index (κ3) is 4.51. The van der Waals surface area contributed by atoms with Gasteiger partial charge < -0.3 is 15.4 Å². The topological polar surface area (TPSA) is 123 Å². The van der Waals surface area contributed by atoms with Crippen LogP contribution in [0.1, 0.15) is 19.3 Å². The molecule has 0 spiro atoms. The molecule has 1 aliphatic heterocycles. The number of likely N-dealkylation sites (tertiary alicyclic amines) is 1. The number of amides is 1. The van der Waals surface area contributed by atoms with Crippen LogP contribution in [0.5, 0.6) is 11.5 Å². The zero-order chi connectivity index (χ0) is 26.1. The van der Waals surface area contributed by atoms with E-state index in [0.717, 1.165) is 18.6 Å². The quantitative estimate of drug-likeness (QED) is 0.415. The van der Waals surface area contributed by atoms with Gasteiger partial charge in [-0.3, -0.25) is 4.79 Å². The van der Waals surface area contributed by atoms with Crippen LogP contribution in [0.3, 0.4) is 0 Å². The minimum absolute atomic E-state index is 0.0451. The third-order valence-electron chi connectivity index (χ3n) is 6.21. The highest BCUT2D eigenvalue weighted by molar-refractivity contribution is 5.98. The Labute approximate surface area is 208 Å². The Kier molecular flexibility index (Phi) is 6.35. The number of nitriles is 1. The first-order valence-electron chi connectivity index (χ1n) is 11.4. The standard InChI is InChI=1S/C25H20F3N7O2/c26-17-4-1-5-19(22(17)28)37-15-6-7-16(18(27)11-15)23-21-24(30)31-13-32-25(21)35(33-23)12-14-3-2-10-34(14)20(36)8-9-29/h1,4-7,11,13-14H,2-3,8,10,12H2,(H2,30,31,32)/t14-/m1/s1. The summed E-state index contributed by atoms with van der Waals surface area (Å²) in [6.45, 7) is 0.808. The summed E-state index contributed by atoms with van der Waals surface area (Å²) in [6, 6.07) is 8.94. The number of anilines is 1. The lowest BCUT2D eigenvalue weighted by atomic mass is 10.1. The molecule has 1 fully saturated rings. The summed E-state index contributed by atoms with van der Waals surface area (Å²) in [6.07, 6.45) is 2.56. The van der Waals surface area contributed by atoms with Crippen LogP contribution < -0.4 is 10.5 Å². The van der Waals surface area contributed by atoms with Crippen molar-refractivity contribution >= 4 is 22.8 Å². The van der Waals surface area contributed by atoms with Crippen LogP contribution in [0.25, 0.3) is 22.3 Å². The van der Waals surface area contributed by atoms with Gasteiger partial charge in [-0.15, -0.1) is 0 Å². The molecule has 12 heteroatoms. The number of hydrogen-bond acceptors (Lipinski definition) is 7. The van der Waals surface area contributed by atoms with Crippen molar-refractivity contribution in [1.82, 2.24) is 24.6 Å². The van der Waals surface area contributed by atoms with Crippen molar-refractivity contribution in [3.05, 3.63) is 60.2 Å². The molecule has 0 saturated carbocycles. The van der Waals surface area contributed by atoms with Crippen molar-refractivity contribution < 1.29 is 22.7 Å². The fourth-order valence-corrected chi connectivity index (χ4v) is 4.51. The van der Waals surface area contributed by atoms with Crippen molar-refractivity contribution in [2.45, 2.75) is 31.8 Å². The van der Waals surface area contributed by atoms with Crippen LogP contribution in [-0.4, -0.2) is 43.1 Å². The van der Waals surface area contributed by atoms with Crippen molar-refractivity contribution in [2.24, 2.45) is 0 Å². The van der Waals surface area contributed by atoms with Gasteiger partial charge in [-0.05, 0) is 37.1 Å². The van der Waals surface area contributed by atoms with Gasteiger partial charge in [-0.25, -0.2) is 23.4 Å². The Morgan fingerprint density at radius 1 is 1.19 bits per heavy atom. The van der Waals surface area contributed by atoms with E-state index in [1.54, 1.807) is 9.58 Å². The first-order valence-corrected chi connectivity index (χ1v) is 11.4. The number of aromatic nitrogens is 4. The molecule has 0 bridgehead atoms. The summed E-state index contributed by atoms with van der Waals surface area (Å²) in [7, 11) is 0. The molecule has 1 aliphatic rings. The lowest BCUT2D eigenvalue weighted by Gasteiger charge is -2.23. The second-order valence-corrected chi connectivity index (χ2v) is 8.50. The number of benzene rings is 2. The molecule has 0 aliphatic carbocycles. The number of nitrogen functional groups attached to an aromatic ring is 1. The molecule has 188 valence electrons. The van der Waals surface area contributed by atoms with Crippen LogP contribution in [0.2, 0.25) is 0 Å². The molecule has 2 N–H and O–H groups in total. The number of nitrogens with zero attached hydrogens (tertiary/aromatic N) is 6. The first-order chi connectivity index (χ1) is 17.9. The number of carbonyl (C=O) groups is 1. The second kappa shape index (κ2) is 9.77. The molecule has 1 atom stereocenters. The van der Waals surface area contributed by atoms with Crippen molar-refractivity contribution in [3.8, 4) is 28.8 Å². The molecule has 2 aromatic carbocycles. The van der Waals surface area contributed by atoms with Crippen LogP contribution in [-0.2, 0) is 11.3 Å². The summed E-state index contributed by atoms with van der Waals surface area (Å²) in [4.78, 5) is 22.3. The normalized spacial score (nSPS) is 15.2. The molecule has 9 nitrogen and oxygen atoms in total. The molecule has 1 saturated heterocycles.